The van der Waals surface area contributed by atoms with Gasteiger partial charge in [-0.15, -0.1) is 0 Å². The molecule has 1 aliphatic carbocycles. The van der Waals surface area contributed by atoms with Crippen LogP contribution < -0.4 is 5.46 Å². The molecule has 6 heteroatoms. The third kappa shape index (κ3) is 5.50. The lowest BCUT2D eigenvalue weighted by atomic mass is 9.74. The lowest BCUT2D eigenvalue weighted by Crippen LogP contribution is -2.49. The molecule has 0 saturated heterocycles. The molecular weight excluding hydrogens is 350 g/mol. The third-order valence-electron chi connectivity index (χ3n) is 6.14. The van der Waals surface area contributed by atoms with E-state index in [0.29, 0.717) is 0 Å². The zero-order chi connectivity index (χ0) is 21.4. The van der Waals surface area contributed by atoms with Gasteiger partial charge in [-0.2, -0.15) is 0 Å². The van der Waals surface area contributed by atoms with Gasteiger partial charge >= 0.3 is 15.0 Å². The maximum Gasteiger partial charge on any atom is 0.330 e. The molecule has 2 rings (SSSR count). The van der Waals surface area contributed by atoms with Gasteiger partial charge in [0.2, 0.25) is 0 Å². The van der Waals surface area contributed by atoms with E-state index >= 15 is 0 Å². The minimum Gasteiger partial charge on any atom is -0.427 e. The Bertz CT molecular complexity index is 725. The Morgan fingerprint density at radius 3 is 1.86 bits per heavy atom. The summed E-state index contributed by atoms with van der Waals surface area (Å²) in [6.45, 7) is 14.5. The monoisotopic (exact) mass is 384 g/mol. The first-order valence-corrected chi connectivity index (χ1v) is 9.93. The summed E-state index contributed by atoms with van der Waals surface area (Å²) in [4.78, 5) is 0. The first kappa shape index (κ1) is 23.2. The Hall–Kier alpha value is -1.07. The topological polar surface area (TPSA) is 58.9 Å². The first-order chi connectivity index (χ1) is 12.6. The van der Waals surface area contributed by atoms with Gasteiger partial charge in [-0.05, 0) is 79.4 Å². The number of rotatable bonds is 8. The van der Waals surface area contributed by atoms with Crippen LogP contribution in [0.5, 0.6) is 0 Å². The standard InChI is InChI=1S/C22H34B2O4/c1-19(2,25)21(5,6)27-23-17-11-9-15-10-12-18(14-16(15)13-17)24-28-22(7,8)20(3,4)26/h9,11,13-14,25-26H,10,12H2,1-8H3. The van der Waals surface area contributed by atoms with E-state index in [1.54, 1.807) is 42.7 Å². The molecule has 0 spiro atoms. The van der Waals surface area contributed by atoms with E-state index in [1.165, 1.54) is 5.56 Å². The lowest BCUT2D eigenvalue weighted by molar-refractivity contribution is -0.0897. The van der Waals surface area contributed by atoms with Gasteiger partial charge in [-0.3, -0.25) is 0 Å². The molecule has 0 bridgehead atoms. The molecule has 0 fully saturated rings. The molecule has 0 atom stereocenters. The van der Waals surface area contributed by atoms with E-state index in [-0.39, 0.29) is 0 Å². The van der Waals surface area contributed by atoms with Gasteiger partial charge in [0.1, 0.15) is 0 Å². The van der Waals surface area contributed by atoms with Crippen molar-refractivity contribution in [3.63, 3.8) is 0 Å². The summed E-state index contributed by atoms with van der Waals surface area (Å²) in [6, 6.07) is 6.25. The highest BCUT2D eigenvalue weighted by Gasteiger charge is 2.37. The van der Waals surface area contributed by atoms with E-state index in [1.807, 2.05) is 33.8 Å². The van der Waals surface area contributed by atoms with E-state index in [0.717, 1.165) is 29.3 Å². The number of hydrogen-bond donors (Lipinski definition) is 2. The van der Waals surface area contributed by atoms with Gasteiger partial charge in [-0.25, -0.2) is 0 Å². The van der Waals surface area contributed by atoms with Gasteiger partial charge in [0, 0.05) is 0 Å². The van der Waals surface area contributed by atoms with Gasteiger partial charge in [-0.1, -0.05) is 35.2 Å². The van der Waals surface area contributed by atoms with E-state index in [4.69, 9.17) is 9.31 Å². The molecule has 2 radical (unpaired) electrons. The molecule has 2 N–H and O–H groups in total. The van der Waals surface area contributed by atoms with Crippen molar-refractivity contribution >= 4 is 26.5 Å². The number of benzene rings is 1. The quantitative estimate of drug-likeness (QED) is 0.677. The Morgan fingerprint density at radius 2 is 1.32 bits per heavy atom. The van der Waals surface area contributed by atoms with Crippen LogP contribution in [0.15, 0.2) is 23.7 Å². The number of allylic oxidation sites excluding steroid dienone is 1. The van der Waals surface area contributed by atoms with Crippen LogP contribution in [0.3, 0.4) is 0 Å². The van der Waals surface area contributed by atoms with Crippen molar-refractivity contribution in [3.05, 3.63) is 34.8 Å². The maximum absolute atomic E-state index is 10.3. The molecule has 0 aliphatic heterocycles. The highest BCUT2D eigenvalue weighted by molar-refractivity contribution is 6.47. The molecule has 0 amide bonds. The minimum atomic E-state index is -0.954. The normalized spacial score (nSPS) is 15.7. The molecule has 152 valence electrons. The zero-order valence-corrected chi connectivity index (χ0v) is 18.6. The number of aryl methyl sites for hydroxylation is 1. The molecule has 28 heavy (non-hydrogen) atoms. The van der Waals surface area contributed by atoms with Gasteiger partial charge in [0.25, 0.3) is 0 Å². The van der Waals surface area contributed by atoms with Crippen molar-refractivity contribution in [2.75, 3.05) is 0 Å². The zero-order valence-electron chi connectivity index (χ0n) is 18.6. The average molecular weight is 384 g/mol. The number of aliphatic hydroxyl groups is 2. The molecule has 0 aromatic heterocycles. The summed E-state index contributed by atoms with van der Waals surface area (Å²) in [5.74, 6) is 0. The summed E-state index contributed by atoms with van der Waals surface area (Å²) in [5, 5.41) is 20.5. The highest BCUT2D eigenvalue weighted by atomic mass is 16.5. The van der Waals surface area contributed by atoms with Crippen LogP contribution in [0.1, 0.15) is 72.9 Å². The molecule has 0 saturated carbocycles. The Balaban J connectivity index is 2.09. The van der Waals surface area contributed by atoms with Crippen molar-refractivity contribution in [1.82, 2.24) is 0 Å². The van der Waals surface area contributed by atoms with Crippen molar-refractivity contribution in [3.8, 4) is 0 Å². The minimum absolute atomic E-state index is 0.680. The van der Waals surface area contributed by atoms with Gasteiger partial charge < -0.3 is 19.5 Å². The predicted octanol–water partition coefficient (Wildman–Crippen LogP) is 2.97. The molecule has 1 aliphatic rings. The predicted molar refractivity (Wildman–Crippen MR) is 117 cm³/mol. The maximum atomic E-state index is 10.3. The summed E-state index contributed by atoms with van der Waals surface area (Å²) in [5.41, 5.74) is 1.20. The summed E-state index contributed by atoms with van der Waals surface area (Å²) in [6.07, 6.45) is 3.97. The molecular formula is C22H34B2O4. The van der Waals surface area contributed by atoms with Crippen LogP contribution in [0, 0.1) is 0 Å². The second-order valence-electron chi connectivity index (χ2n) is 9.79. The Kier molecular flexibility index (Phi) is 6.62. The molecule has 0 heterocycles. The van der Waals surface area contributed by atoms with Gasteiger partial charge in [0.05, 0.1) is 22.4 Å². The summed E-state index contributed by atoms with van der Waals surface area (Å²) >= 11 is 0. The van der Waals surface area contributed by atoms with E-state index < -0.39 is 22.4 Å². The van der Waals surface area contributed by atoms with Crippen molar-refractivity contribution in [1.29, 1.82) is 0 Å². The first-order valence-electron chi connectivity index (χ1n) is 9.93. The SMILES string of the molecule is CC(C)(O)C(C)(C)O[B]C1=Cc2cc([B]OC(C)(C)C(C)(C)O)ccc2CC1. The fourth-order valence-corrected chi connectivity index (χ4v) is 2.42. The van der Waals surface area contributed by atoms with E-state index in [9.17, 15) is 10.2 Å². The molecule has 4 nitrogen and oxygen atoms in total. The molecule has 0 unspecified atom stereocenters. The largest absolute Gasteiger partial charge is 0.427 e. The summed E-state index contributed by atoms with van der Waals surface area (Å²) < 4.78 is 11.8. The van der Waals surface area contributed by atoms with Gasteiger partial charge in [0.15, 0.2) is 0 Å². The van der Waals surface area contributed by atoms with Crippen LogP contribution in [-0.4, -0.2) is 47.6 Å². The fraction of sp³-hybridized carbons (Fsp3) is 0.636. The van der Waals surface area contributed by atoms with Crippen LogP contribution in [0.4, 0.5) is 0 Å². The van der Waals surface area contributed by atoms with Crippen molar-refractivity contribution in [2.45, 2.75) is 90.6 Å². The summed E-state index contributed by atoms with van der Waals surface area (Å²) in [7, 11) is 3.48. The van der Waals surface area contributed by atoms with Crippen molar-refractivity contribution < 1.29 is 19.5 Å². The fourth-order valence-electron chi connectivity index (χ4n) is 2.42. The number of fused-ring (bicyclic) bond motifs is 1. The van der Waals surface area contributed by atoms with E-state index in [2.05, 4.69) is 18.2 Å². The number of hydrogen-bond acceptors (Lipinski definition) is 4. The van der Waals surface area contributed by atoms with Crippen LogP contribution in [-0.2, 0) is 15.7 Å². The van der Waals surface area contributed by atoms with Crippen LogP contribution in [0.2, 0.25) is 0 Å². The van der Waals surface area contributed by atoms with Crippen LogP contribution >= 0.6 is 0 Å². The lowest BCUT2D eigenvalue weighted by Gasteiger charge is -2.38. The molecule has 1 aromatic carbocycles. The van der Waals surface area contributed by atoms with Crippen LogP contribution in [0.25, 0.3) is 6.08 Å². The smallest absolute Gasteiger partial charge is 0.330 e. The third-order valence-corrected chi connectivity index (χ3v) is 6.14. The highest BCUT2D eigenvalue weighted by Crippen LogP contribution is 2.28. The Labute approximate surface area is 171 Å². The molecule has 1 aromatic rings. The second-order valence-corrected chi connectivity index (χ2v) is 9.79. The second kappa shape index (κ2) is 7.98. The average Bonchev–Trinajstić information content (AvgIpc) is 2.56. The van der Waals surface area contributed by atoms with Crippen molar-refractivity contribution in [2.24, 2.45) is 0 Å². The Morgan fingerprint density at radius 1 is 0.786 bits per heavy atom.